The molecule has 0 unspecified atom stereocenters. The lowest BCUT2D eigenvalue weighted by Gasteiger charge is -2.04. The van der Waals surface area contributed by atoms with Gasteiger partial charge in [-0.05, 0) is 48.6 Å². The molecule has 5 nitrogen and oxygen atoms in total. The van der Waals surface area contributed by atoms with E-state index in [0.29, 0.717) is 17.2 Å². The molecule has 0 spiro atoms. The zero-order valence-electron chi connectivity index (χ0n) is 13.8. The van der Waals surface area contributed by atoms with Gasteiger partial charge >= 0.3 is 0 Å². The molecule has 5 heteroatoms. The van der Waals surface area contributed by atoms with E-state index in [1.165, 1.54) is 11.1 Å². The molecule has 0 aliphatic rings. The first-order valence-corrected chi connectivity index (χ1v) is 8.40. The lowest BCUT2D eigenvalue weighted by Crippen LogP contribution is -1.99. The molecule has 0 atom stereocenters. The van der Waals surface area contributed by atoms with Crippen LogP contribution in [0.15, 0.2) is 67.0 Å². The lowest BCUT2D eigenvalue weighted by molar-refractivity contribution is 0.809. The van der Waals surface area contributed by atoms with Crippen LogP contribution in [0.5, 0.6) is 0 Å². The second-order valence-electron chi connectivity index (χ2n) is 6.06. The van der Waals surface area contributed by atoms with Crippen molar-refractivity contribution in [2.75, 3.05) is 5.73 Å². The molecule has 124 valence electrons. The Morgan fingerprint density at radius 3 is 2.52 bits per heavy atom. The van der Waals surface area contributed by atoms with Gasteiger partial charge < -0.3 is 5.73 Å². The first-order valence-electron chi connectivity index (χ1n) is 8.40. The summed E-state index contributed by atoms with van der Waals surface area (Å²) in [6.07, 6.45) is 6.81. The number of hydrogen-bond donors (Lipinski definition) is 1. The zero-order valence-corrected chi connectivity index (χ0v) is 13.8. The highest BCUT2D eigenvalue weighted by Gasteiger charge is 2.10. The fourth-order valence-electron chi connectivity index (χ4n) is 2.95. The average Bonchev–Trinajstić information content (AvgIpc) is 3.08. The van der Waals surface area contributed by atoms with Gasteiger partial charge in [0.1, 0.15) is 5.69 Å². The molecule has 1 aromatic carbocycles. The quantitative estimate of drug-likeness (QED) is 0.608. The van der Waals surface area contributed by atoms with E-state index in [0.717, 1.165) is 25.0 Å². The summed E-state index contributed by atoms with van der Waals surface area (Å²) < 4.78 is 1.76. The molecule has 0 saturated heterocycles. The van der Waals surface area contributed by atoms with Crippen molar-refractivity contribution in [3.63, 3.8) is 0 Å². The van der Waals surface area contributed by atoms with Crippen LogP contribution >= 0.6 is 0 Å². The van der Waals surface area contributed by atoms with E-state index in [-0.39, 0.29) is 0 Å². The zero-order chi connectivity index (χ0) is 17.1. The van der Waals surface area contributed by atoms with Gasteiger partial charge in [-0.2, -0.15) is 0 Å². The SMILES string of the molecule is Nc1cc(CCCc2ccccc2)cn2nc(-c3ccccn3)nc12. The monoisotopic (exact) mass is 329 g/mol. The number of fused-ring (bicyclic) bond motifs is 1. The summed E-state index contributed by atoms with van der Waals surface area (Å²) in [5.41, 5.74) is 10.8. The number of pyridine rings is 2. The van der Waals surface area contributed by atoms with Crippen LogP contribution in [-0.4, -0.2) is 19.6 Å². The highest BCUT2D eigenvalue weighted by atomic mass is 15.3. The van der Waals surface area contributed by atoms with E-state index in [9.17, 15) is 0 Å². The summed E-state index contributed by atoms with van der Waals surface area (Å²) in [4.78, 5) is 8.82. The van der Waals surface area contributed by atoms with Crippen LogP contribution in [-0.2, 0) is 12.8 Å². The number of anilines is 1. The van der Waals surface area contributed by atoms with E-state index in [4.69, 9.17) is 5.73 Å². The van der Waals surface area contributed by atoms with Crippen molar-refractivity contribution >= 4 is 11.3 Å². The first kappa shape index (κ1) is 15.3. The number of nitrogens with zero attached hydrogens (tertiary/aromatic N) is 4. The molecule has 0 saturated carbocycles. The largest absolute Gasteiger partial charge is 0.396 e. The molecule has 3 aromatic heterocycles. The summed E-state index contributed by atoms with van der Waals surface area (Å²) in [5.74, 6) is 0.591. The van der Waals surface area contributed by atoms with Crippen molar-refractivity contribution in [1.29, 1.82) is 0 Å². The van der Waals surface area contributed by atoms with Crippen molar-refractivity contribution in [3.8, 4) is 11.5 Å². The Hall–Kier alpha value is -3.21. The molecule has 0 bridgehead atoms. The van der Waals surface area contributed by atoms with E-state index in [2.05, 4.69) is 39.3 Å². The predicted octanol–water partition coefficient (Wildman–Crippen LogP) is 3.55. The number of nitrogens with two attached hydrogens (primary N) is 1. The van der Waals surface area contributed by atoms with E-state index < -0.39 is 0 Å². The first-order chi connectivity index (χ1) is 12.3. The lowest BCUT2D eigenvalue weighted by atomic mass is 10.1. The molecule has 4 aromatic rings. The van der Waals surface area contributed by atoms with Gasteiger partial charge in [0.05, 0.1) is 5.69 Å². The van der Waals surface area contributed by atoms with Gasteiger partial charge in [-0.3, -0.25) is 4.98 Å². The molecular formula is C20H19N5. The average molecular weight is 329 g/mol. The van der Waals surface area contributed by atoms with Gasteiger partial charge in [0.15, 0.2) is 5.65 Å². The van der Waals surface area contributed by atoms with Crippen LogP contribution in [0.2, 0.25) is 0 Å². The van der Waals surface area contributed by atoms with E-state index in [1.807, 2.05) is 36.5 Å². The number of aromatic nitrogens is 4. The van der Waals surface area contributed by atoms with Crippen molar-refractivity contribution in [3.05, 3.63) is 78.1 Å². The molecule has 0 aliphatic heterocycles. The number of benzene rings is 1. The van der Waals surface area contributed by atoms with Crippen LogP contribution < -0.4 is 5.73 Å². The minimum atomic E-state index is 0.591. The van der Waals surface area contributed by atoms with Gasteiger partial charge in [0.25, 0.3) is 0 Å². The molecule has 3 heterocycles. The third-order valence-corrected chi connectivity index (χ3v) is 4.19. The Bertz CT molecular complexity index is 977. The van der Waals surface area contributed by atoms with Crippen molar-refractivity contribution < 1.29 is 0 Å². The predicted molar refractivity (Wildman–Crippen MR) is 99.1 cm³/mol. The standard InChI is InChI=1S/C20H19N5/c21-17-13-16(10-6-9-15-7-2-1-3-8-15)14-25-20(17)23-19(24-25)18-11-4-5-12-22-18/h1-5,7-8,11-14H,6,9-10,21H2. The van der Waals surface area contributed by atoms with Crippen LogP contribution in [0.4, 0.5) is 5.69 Å². The molecule has 2 N–H and O–H groups in total. The second-order valence-corrected chi connectivity index (χ2v) is 6.06. The maximum Gasteiger partial charge on any atom is 0.200 e. The summed E-state index contributed by atoms with van der Waals surface area (Å²) in [6.45, 7) is 0. The molecule has 0 aliphatic carbocycles. The Morgan fingerprint density at radius 2 is 1.72 bits per heavy atom. The Balaban J connectivity index is 1.55. The summed E-state index contributed by atoms with van der Waals surface area (Å²) >= 11 is 0. The van der Waals surface area contributed by atoms with Gasteiger partial charge in [-0.15, -0.1) is 5.10 Å². The number of hydrogen-bond acceptors (Lipinski definition) is 4. The van der Waals surface area contributed by atoms with Crippen molar-refractivity contribution in [2.24, 2.45) is 0 Å². The smallest absolute Gasteiger partial charge is 0.200 e. The van der Waals surface area contributed by atoms with Gasteiger partial charge in [0, 0.05) is 12.4 Å². The summed E-state index contributed by atoms with van der Waals surface area (Å²) in [7, 11) is 0. The Kier molecular flexibility index (Phi) is 4.12. The molecular weight excluding hydrogens is 310 g/mol. The Labute approximate surface area is 146 Å². The third-order valence-electron chi connectivity index (χ3n) is 4.19. The molecule has 25 heavy (non-hydrogen) atoms. The van der Waals surface area contributed by atoms with Crippen molar-refractivity contribution in [1.82, 2.24) is 19.6 Å². The molecule has 0 fully saturated rings. The van der Waals surface area contributed by atoms with Crippen molar-refractivity contribution in [2.45, 2.75) is 19.3 Å². The van der Waals surface area contributed by atoms with Gasteiger partial charge in [-0.1, -0.05) is 36.4 Å². The Morgan fingerprint density at radius 1 is 0.920 bits per heavy atom. The number of rotatable bonds is 5. The van der Waals surface area contributed by atoms with Crippen LogP contribution in [0.25, 0.3) is 17.2 Å². The third kappa shape index (κ3) is 3.35. The summed E-state index contributed by atoms with van der Waals surface area (Å²) in [6, 6.07) is 18.2. The fraction of sp³-hybridized carbons (Fsp3) is 0.150. The minimum absolute atomic E-state index is 0.591. The van der Waals surface area contributed by atoms with E-state index in [1.54, 1.807) is 10.7 Å². The highest BCUT2D eigenvalue weighted by Crippen LogP contribution is 2.19. The van der Waals surface area contributed by atoms with Gasteiger partial charge in [0.2, 0.25) is 5.82 Å². The van der Waals surface area contributed by atoms with Crippen LogP contribution in [0.3, 0.4) is 0 Å². The second kappa shape index (κ2) is 6.73. The topological polar surface area (TPSA) is 69.1 Å². The molecule has 0 radical (unpaired) electrons. The fourth-order valence-corrected chi connectivity index (χ4v) is 2.95. The summed E-state index contributed by atoms with van der Waals surface area (Å²) in [5, 5.41) is 4.53. The maximum atomic E-state index is 6.19. The molecule has 4 rings (SSSR count). The van der Waals surface area contributed by atoms with Crippen LogP contribution in [0.1, 0.15) is 17.5 Å². The minimum Gasteiger partial charge on any atom is -0.396 e. The number of aryl methyl sites for hydroxylation is 2. The van der Waals surface area contributed by atoms with Gasteiger partial charge in [-0.25, -0.2) is 9.50 Å². The molecule has 0 amide bonds. The highest BCUT2D eigenvalue weighted by molar-refractivity contribution is 5.67. The number of nitrogen functional groups attached to an aromatic ring is 1. The normalized spacial score (nSPS) is 11.0. The maximum absolute atomic E-state index is 6.19. The van der Waals surface area contributed by atoms with E-state index >= 15 is 0 Å². The van der Waals surface area contributed by atoms with Crippen LogP contribution in [0, 0.1) is 0 Å².